The fourth-order valence-corrected chi connectivity index (χ4v) is 2.79. The minimum atomic E-state index is -0.390. The van der Waals surface area contributed by atoms with Crippen molar-refractivity contribution in [2.24, 2.45) is 5.92 Å². The summed E-state index contributed by atoms with van der Waals surface area (Å²) < 4.78 is 4.73. The number of anilines is 3. The molecule has 30 heavy (non-hydrogen) atoms. The quantitative estimate of drug-likeness (QED) is 0.487. The number of nitrogens with zero attached hydrogens (tertiary/aromatic N) is 3. The molecule has 0 aliphatic carbocycles. The zero-order valence-corrected chi connectivity index (χ0v) is 17.2. The van der Waals surface area contributed by atoms with E-state index in [2.05, 4.69) is 25.6 Å². The van der Waals surface area contributed by atoms with Gasteiger partial charge in [0.05, 0.1) is 31.0 Å². The van der Waals surface area contributed by atoms with Crippen molar-refractivity contribution in [3.05, 3.63) is 60.4 Å². The smallest absolute Gasteiger partial charge is 0.337 e. The van der Waals surface area contributed by atoms with E-state index in [1.807, 2.05) is 32.0 Å². The number of aliphatic hydroxyl groups is 1. The van der Waals surface area contributed by atoms with Gasteiger partial charge in [0, 0.05) is 29.7 Å². The van der Waals surface area contributed by atoms with E-state index in [1.165, 1.54) is 7.11 Å². The lowest BCUT2D eigenvalue weighted by atomic mass is 10.1. The number of rotatable bonds is 8. The first-order valence-corrected chi connectivity index (χ1v) is 9.62. The Labute approximate surface area is 175 Å². The van der Waals surface area contributed by atoms with Crippen molar-refractivity contribution in [1.29, 1.82) is 0 Å². The van der Waals surface area contributed by atoms with Crippen molar-refractivity contribution < 1.29 is 14.6 Å². The Bertz CT molecular complexity index is 978. The van der Waals surface area contributed by atoms with Crippen LogP contribution in [0.3, 0.4) is 0 Å². The minimum absolute atomic E-state index is 0.0295. The van der Waals surface area contributed by atoms with Gasteiger partial charge in [-0.25, -0.2) is 9.78 Å². The summed E-state index contributed by atoms with van der Waals surface area (Å²) >= 11 is 0. The number of esters is 1. The van der Waals surface area contributed by atoms with Crippen LogP contribution in [0.1, 0.15) is 24.2 Å². The normalized spacial score (nSPS) is 11.8. The molecule has 8 nitrogen and oxygen atoms in total. The fourth-order valence-electron chi connectivity index (χ4n) is 2.79. The molecule has 3 rings (SSSR count). The molecule has 0 bridgehead atoms. The Kier molecular flexibility index (Phi) is 6.92. The molecular formula is C22H25N5O3. The molecule has 1 atom stereocenters. The summed E-state index contributed by atoms with van der Waals surface area (Å²) in [5, 5.41) is 16.1. The maximum atomic E-state index is 11.6. The fraction of sp³-hybridized carbons (Fsp3) is 0.273. The molecular weight excluding hydrogens is 382 g/mol. The Hall–Kier alpha value is -3.52. The number of carbonyl (C=O) groups excluding carboxylic acids is 1. The van der Waals surface area contributed by atoms with Crippen LogP contribution in [0, 0.1) is 5.92 Å². The van der Waals surface area contributed by atoms with E-state index in [1.54, 1.807) is 36.7 Å². The molecule has 3 aromatic rings. The average molecular weight is 407 g/mol. The number of benzene rings is 1. The maximum Gasteiger partial charge on any atom is 0.337 e. The van der Waals surface area contributed by atoms with E-state index in [0.29, 0.717) is 23.0 Å². The number of aromatic nitrogens is 3. The molecule has 0 saturated heterocycles. The Morgan fingerprint density at radius 3 is 2.40 bits per heavy atom. The minimum Gasteiger partial charge on any atom is -0.465 e. The summed E-state index contributed by atoms with van der Waals surface area (Å²) in [5.74, 6) is 0.792. The second-order valence-corrected chi connectivity index (χ2v) is 7.07. The lowest BCUT2D eigenvalue weighted by Crippen LogP contribution is -2.30. The highest BCUT2D eigenvalue weighted by atomic mass is 16.5. The SMILES string of the molecule is COC(=O)c1ccc(Nc2cc(-c3ccncc3)nc(N[C@H](CO)C(C)C)n2)cc1. The number of pyridine rings is 1. The summed E-state index contributed by atoms with van der Waals surface area (Å²) in [4.78, 5) is 24.8. The number of hydrogen-bond donors (Lipinski definition) is 3. The third-order valence-electron chi connectivity index (χ3n) is 4.60. The zero-order chi connectivity index (χ0) is 21.5. The lowest BCUT2D eigenvalue weighted by Gasteiger charge is -2.20. The maximum absolute atomic E-state index is 11.6. The Balaban J connectivity index is 1.92. The summed E-state index contributed by atoms with van der Waals surface area (Å²) in [6.45, 7) is 4.00. The third kappa shape index (κ3) is 5.30. The number of methoxy groups -OCH3 is 1. The van der Waals surface area contributed by atoms with Gasteiger partial charge in [-0.3, -0.25) is 4.98 Å². The van der Waals surface area contributed by atoms with Crippen molar-refractivity contribution in [3.63, 3.8) is 0 Å². The summed E-state index contributed by atoms with van der Waals surface area (Å²) in [5.41, 5.74) is 2.83. The largest absolute Gasteiger partial charge is 0.465 e. The molecule has 156 valence electrons. The van der Waals surface area contributed by atoms with Crippen molar-refractivity contribution in [1.82, 2.24) is 15.0 Å². The molecule has 0 aliphatic rings. The molecule has 8 heteroatoms. The van der Waals surface area contributed by atoms with Crippen molar-refractivity contribution in [2.75, 3.05) is 24.4 Å². The first-order chi connectivity index (χ1) is 14.5. The van der Waals surface area contributed by atoms with Gasteiger partial charge in [-0.05, 0) is 42.3 Å². The topological polar surface area (TPSA) is 109 Å². The highest BCUT2D eigenvalue weighted by Gasteiger charge is 2.15. The van der Waals surface area contributed by atoms with Crippen molar-refractivity contribution in [2.45, 2.75) is 19.9 Å². The molecule has 0 fully saturated rings. The first-order valence-electron chi connectivity index (χ1n) is 9.62. The van der Waals surface area contributed by atoms with E-state index >= 15 is 0 Å². The average Bonchev–Trinajstić information content (AvgIpc) is 2.77. The van der Waals surface area contributed by atoms with Crippen LogP contribution in [0.5, 0.6) is 0 Å². The molecule has 0 spiro atoms. The summed E-state index contributed by atoms with van der Waals surface area (Å²) in [6, 6.07) is 12.3. The van der Waals surface area contributed by atoms with E-state index < -0.39 is 5.97 Å². The number of carbonyl (C=O) groups is 1. The van der Waals surface area contributed by atoms with Gasteiger partial charge in [-0.1, -0.05) is 13.8 Å². The molecule has 1 aromatic carbocycles. The molecule has 2 aromatic heterocycles. The zero-order valence-electron chi connectivity index (χ0n) is 17.2. The predicted molar refractivity (Wildman–Crippen MR) is 116 cm³/mol. The monoisotopic (exact) mass is 407 g/mol. The predicted octanol–water partition coefficient (Wildman–Crippen LogP) is 3.50. The van der Waals surface area contributed by atoms with Crippen LogP contribution in [-0.2, 0) is 4.74 Å². The van der Waals surface area contributed by atoms with Crippen LogP contribution in [0.4, 0.5) is 17.5 Å². The van der Waals surface area contributed by atoms with Gasteiger partial charge in [-0.15, -0.1) is 0 Å². The summed E-state index contributed by atoms with van der Waals surface area (Å²) in [6.07, 6.45) is 3.40. The number of hydrogen-bond acceptors (Lipinski definition) is 8. The van der Waals surface area contributed by atoms with Crippen LogP contribution in [0.25, 0.3) is 11.3 Å². The van der Waals surface area contributed by atoms with Gasteiger partial charge in [-0.2, -0.15) is 4.98 Å². The van der Waals surface area contributed by atoms with Crippen LogP contribution in [0.15, 0.2) is 54.9 Å². The molecule has 0 aliphatic heterocycles. The number of ether oxygens (including phenoxy) is 1. The third-order valence-corrected chi connectivity index (χ3v) is 4.60. The van der Waals surface area contributed by atoms with Gasteiger partial charge < -0.3 is 20.5 Å². The lowest BCUT2D eigenvalue weighted by molar-refractivity contribution is 0.0601. The number of aliphatic hydroxyl groups excluding tert-OH is 1. The van der Waals surface area contributed by atoms with Gasteiger partial charge in [0.25, 0.3) is 0 Å². The molecule has 2 heterocycles. The highest BCUT2D eigenvalue weighted by molar-refractivity contribution is 5.89. The van der Waals surface area contributed by atoms with Crippen molar-refractivity contribution >= 4 is 23.4 Å². The van der Waals surface area contributed by atoms with E-state index in [-0.39, 0.29) is 18.6 Å². The van der Waals surface area contributed by atoms with Crippen LogP contribution >= 0.6 is 0 Å². The Morgan fingerprint density at radius 2 is 1.80 bits per heavy atom. The Morgan fingerprint density at radius 1 is 1.10 bits per heavy atom. The van der Waals surface area contributed by atoms with Gasteiger partial charge in [0.15, 0.2) is 0 Å². The van der Waals surface area contributed by atoms with Crippen LogP contribution in [0.2, 0.25) is 0 Å². The molecule has 0 saturated carbocycles. The highest BCUT2D eigenvalue weighted by Crippen LogP contribution is 2.24. The van der Waals surface area contributed by atoms with Crippen molar-refractivity contribution in [3.8, 4) is 11.3 Å². The molecule has 0 unspecified atom stereocenters. The van der Waals surface area contributed by atoms with Crippen LogP contribution in [-0.4, -0.2) is 45.8 Å². The van der Waals surface area contributed by atoms with Crippen LogP contribution < -0.4 is 10.6 Å². The van der Waals surface area contributed by atoms with E-state index in [4.69, 9.17) is 4.74 Å². The van der Waals surface area contributed by atoms with Gasteiger partial charge >= 0.3 is 5.97 Å². The molecule has 3 N–H and O–H groups in total. The molecule has 0 radical (unpaired) electrons. The first kappa shape index (κ1) is 21.2. The van der Waals surface area contributed by atoms with E-state index in [0.717, 1.165) is 11.3 Å². The van der Waals surface area contributed by atoms with Gasteiger partial charge in [0.2, 0.25) is 5.95 Å². The molecule has 0 amide bonds. The summed E-state index contributed by atoms with van der Waals surface area (Å²) in [7, 11) is 1.35. The number of nitrogens with one attached hydrogen (secondary N) is 2. The standard InChI is InChI=1S/C22H25N5O3/c1-14(2)19(13-28)26-22-25-18(15-8-10-23-11-9-15)12-20(27-22)24-17-6-4-16(5-7-17)21(29)30-3/h4-12,14,19,28H,13H2,1-3H3,(H2,24,25,26,27)/t19-/m1/s1. The van der Waals surface area contributed by atoms with E-state index in [9.17, 15) is 9.90 Å². The second-order valence-electron chi connectivity index (χ2n) is 7.07. The van der Waals surface area contributed by atoms with Gasteiger partial charge in [0.1, 0.15) is 5.82 Å². The second kappa shape index (κ2) is 9.80.